The molecule has 1 aromatic carbocycles. The Hall–Kier alpha value is -0.940. The molecule has 0 aliphatic rings. The fraction of sp³-hybridized carbons (Fsp3) is 0.364. The van der Waals surface area contributed by atoms with Gasteiger partial charge in [-0.2, -0.15) is 0 Å². The van der Waals surface area contributed by atoms with Gasteiger partial charge in [0.15, 0.2) is 0 Å². The zero-order valence-corrected chi connectivity index (χ0v) is 10.6. The third kappa shape index (κ3) is 3.57. The second-order valence-corrected chi connectivity index (χ2v) is 4.53. The zero-order chi connectivity index (χ0) is 12.1. The van der Waals surface area contributed by atoms with Crippen molar-refractivity contribution in [3.8, 4) is 0 Å². The van der Waals surface area contributed by atoms with E-state index in [-0.39, 0.29) is 17.6 Å². The molecule has 0 aliphatic heterocycles. The summed E-state index contributed by atoms with van der Waals surface area (Å²) in [5.41, 5.74) is 5.86. The van der Waals surface area contributed by atoms with Gasteiger partial charge in [0.1, 0.15) is 5.82 Å². The summed E-state index contributed by atoms with van der Waals surface area (Å²) in [6.45, 7) is 2.98. The van der Waals surface area contributed by atoms with Crippen LogP contribution < -0.4 is 11.1 Å². The Morgan fingerprint density at radius 3 is 2.88 bits per heavy atom. The summed E-state index contributed by atoms with van der Waals surface area (Å²) in [6.07, 6.45) is 0. The molecule has 5 heteroatoms. The highest BCUT2D eigenvalue weighted by molar-refractivity contribution is 9.10. The molecular formula is C11H14BrFN2O. The predicted octanol–water partition coefficient (Wildman–Crippen LogP) is 1.91. The molecule has 0 aliphatic carbocycles. The maximum atomic E-state index is 12.8. The lowest BCUT2D eigenvalue weighted by Gasteiger charge is -2.10. The Bertz CT molecular complexity index is 384. The smallest absolute Gasteiger partial charge is 0.252 e. The number of carbonyl (C=O) groups excluding carboxylic acids is 1. The van der Waals surface area contributed by atoms with Crippen LogP contribution in [-0.4, -0.2) is 19.0 Å². The first-order chi connectivity index (χ1) is 7.54. The van der Waals surface area contributed by atoms with E-state index >= 15 is 0 Å². The lowest BCUT2D eigenvalue weighted by Crippen LogP contribution is -2.31. The molecule has 88 valence electrons. The van der Waals surface area contributed by atoms with E-state index in [0.717, 1.165) is 0 Å². The van der Waals surface area contributed by atoms with Crippen LogP contribution in [0.2, 0.25) is 0 Å². The molecule has 1 rings (SSSR count). The quantitative estimate of drug-likeness (QED) is 0.889. The molecule has 3 N–H and O–H groups in total. The number of amides is 1. The highest BCUT2D eigenvalue weighted by Gasteiger charge is 2.11. The molecular weight excluding hydrogens is 275 g/mol. The molecule has 0 radical (unpaired) electrons. The molecule has 1 atom stereocenters. The summed E-state index contributed by atoms with van der Waals surface area (Å²) in [6, 6.07) is 3.97. The number of halogens is 2. The number of benzene rings is 1. The third-order valence-electron chi connectivity index (χ3n) is 2.19. The van der Waals surface area contributed by atoms with Crippen molar-refractivity contribution in [1.29, 1.82) is 0 Å². The van der Waals surface area contributed by atoms with E-state index in [2.05, 4.69) is 21.2 Å². The summed E-state index contributed by atoms with van der Waals surface area (Å²) < 4.78 is 13.3. The number of nitrogens with one attached hydrogen (secondary N) is 1. The fourth-order valence-corrected chi connectivity index (χ4v) is 1.65. The lowest BCUT2D eigenvalue weighted by atomic mass is 10.1. The molecule has 0 heterocycles. The number of hydrogen-bond donors (Lipinski definition) is 2. The van der Waals surface area contributed by atoms with Crippen LogP contribution in [0.25, 0.3) is 0 Å². The van der Waals surface area contributed by atoms with E-state index < -0.39 is 0 Å². The standard InChI is InChI=1S/C11H14BrFN2O/c1-7(5-14)6-15-11(16)9-3-2-8(13)4-10(9)12/h2-4,7H,5-6,14H2,1H3,(H,15,16). The van der Waals surface area contributed by atoms with Gasteiger partial charge >= 0.3 is 0 Å². The highest BCUT2D eigenvalue weighted by atomic mass is 79.9. The Labute approximate surface area is 102 Å². The number of hydrogen-bond acceptors (Lipinski definition) is 2. The van der Waals surface area contributed by atoms with Crippen molar-refractivity contribution in [1.82, 2.24) is 5.32 Å². The van der Waals surface area contributed by atoms with Gasteiger partial charge in [-0.1, -0.05) is 6.92 Å². The minimum absolute atomic E-state index is 0.225. The average Bonchev–Trinajstić information content (AvgIpc) is 2.25. The largest absolute Gasteiger partial charge is 0.352 e. The van der Waals surface area contributed by atoms with Gasteiger partial charge in [-0.3, -0.25) is 4.79 Å². The zero-order valence-electron chi connectivity index (χ0n) is 8.97. The SMILES string of the molecule is CC(CN)CNC(=O)c1ccc(F)cc1Br. The van der Waals surface area contributed by atoms with Crippen molar-refractivity contribution in [2.24, 2.45) is 11.7 Å². The van der Waals surface area contributed by atoms with Gasteiger partial charge in [-0.05, 0) is 46.6 Å². The molecule has 0 spiro atoms. The van der Waals surface area contributed by atoms with Crippen LogP contribution in [0.3, 0.4) is 0 Å². The van der Waals surface area contributed by atoms with E-state index in [1.807, 2.05) is 6.92 Å². The fourth-order valence-electron chi connectivity index (χ4n) is 1.12. The van der Waals surface area contributed by atoms with E-state index in [0.29, 0.717) is 23.1 Å². The highest BCUT2D eigenvalue weighted by Crippen LogP contribution is 2.17. The van der Waals surface area contributed by atoms with Crippen LogP contribution >= 0.6 is 15.9 Å². The van der Waals surface area contributed by atoms with Gasteiger partial charge in [0, 0.05) is 11.0 Å². The average molecular weight is 289 g/mol. The second-order valence-electron chi connectivity index (χ2n) is 3.68. The Morgan fingerprint density at radius 1 is 1.62 bits per heavy atom. The van der Waals surface area contributed by atoms with Gasteiger partial charge < -0.3 is 11.1 Å². The normalized spacial score (nSPS) is 12.2. The van der Waals surface area contributed by atoms with Gasteiger partial charge in [-0.15, -0.1) is 0 Å². The minimum Gasteiger partial charge on any atom is -0.352 e. The van der Waals surface area contributed by atoms with Gasteiger partial charge in [0.25, 0.3) is 5.91 Å². The minimum atomic E-state index is -0.376. The van der Waals surface area contributed by atoms with Crippen molar-refractivity contribution in [3.05, 3.63) is 34.1 Å². The third-order valence-corrected chi connectivity index (χ3v) is 2.85. The van der Waals surface area contributed by atoms with Crippen molar-refractivity contribution < 1.29 is 9.18 Å². The molecule has 0 bridgehead atoms. The molecule has 3 nitrogen and oxygen atoms in total. The van der Waals surface area contributed by atoms with Crippen LogP contribution in [0.1, 0.15) is 17.3 Å². The number of carbonyl (C=O) groups is 1. The maximum Gasteiger partial charge on any atom is 0.252 e. The van der Waals surface area contributed by atoms with Gasteiger partial charge in [-0.25, -0.2) is 4.39 Å². The van der Waals surface area contributed by atoms with Crippen LogP contribution in [0.5, 0.6) is 0 Å². The summed E-state index contributed by atoms with van der Waals surface area (Å²) in [7, 11) is 0. The molecule has 0 aromatic heterocycles. The second kappa shape index (κ2) is 5.96. The summed E-state index contributed by atoms with van der Waals surface area (Å²) >= 11 is 3.15. The van der Waals surface area contributed by atoms with Crippen LogP contribution in [0.15, 0.2) is 22.7 Å². The first kappa shape index (κ1) is 13.1. The summed E-state index contributed by atoms with van der Waals surface area (Å²) in [4.78, 5) is 11.7. The molecule has 16 heavy (non-hydrogen) atoms. The number of rotatable bonds is 4. The Kier molecular flexibility index (Phi) is 4.89. The molecule has 1 aromatic rings. The van der Waals surface area contributed by atoms with Crippen molar-refractivity contribution in [3.63, 3.8) is 0 Å². The van der Waals surface area contributed by atoms with Gasteiger partial charge in [0.05, 0.1) is 5.56 Å². The van der Waals surface area contributed by atoms with Crippen LogP contribution in [0, 0.1) is 11.7 Å². The van der Waals surface area contributed by atoms with Gasteiger partial charge in [0.2, 0.25) is 0 Å². The topological polar surface area (TPSA) is 55.1 Å². The summed E-state index contributed by atoms with van der Waals surface area (Å²) in [5, 5.41) is 2.74. The monoisotopic (exact) mass is 288 g/mol. The molecule has 0 saturated heterocycles. The molecule has 1 unspecified atom stereocenters. The van der Waals surface area contributed by atoms with E-state index in [4.69, 9.17) is 5.73 Å². The maximum absolute atomic E-state index is 12.8. The van der Waals surface area contributed by atoms with Crippen LogP contribution in [0.4, 0.5) is 4.39 Å². The van der Waals surface area contributed by atoms with Crippen molar-refractivity contribution in [2.75, 3.05) is 13.1 Å². The van der Waals surface area contributed by atoms with Crippen LogP contribution in [-0.2, 0) is 0 Å². The van der Waals surface area contributed by atoms with E-state index in [9.17, 15) is 9.18 Å². The Morgan fingerprint density at radius 2 is 2.31 bits per heavy atom. The molecule has 0 fully saturated rings. The van der Waals surface area contributed by atoms with E-state index in [1.165, 1.54) is 18.2 Å². The number of nitrogens with two attached hydrogens (primary N) is 1. The van der Waals surface area contributed by atoms with Crippen molar-refractivity contribution in [2.45, 2.75) is 6.92 Å². The summed E-state index contributed by atoms with van der Waals surface area (Å²) in [5.74, 6) is -0.380. The molecule has 0 saturated carbocycles. The van der Waals surface area contributed by atoms with E-state index in [1.54, 1.807) is 0 Å². The predicted molar refractivity (Wildman–Crippen MR) is 64.7 cm³/mol. The molecule has 1 amide bonds. The lowest BCUT2D eigenvalue weighted by molar-refractivity contribution is 0.0948. The van der Waals surface area contributed by atoms with Crippen molar-refractivity contribution >= 4 is 21.8 Å². The first-order valence-corrected chi connectivity index (χ1v) is 5.77. The first-order valence-electron chi connectivity index (χ1n) is 4.98. The Balaban J connectivity index is 2.66.